The number of benzene rings is 3. The molecule has 0 radical (unpaired) electrons. The predicted molar refractivity (Wildman–Crippen MR) is 150 cm³/mol. The first kappa shape index (κ1) is 26.2. The zero-order valence-corrected chi connectivity index (χ0v) is 22.8. The van der Waals surface area contributed by atoms with Gasteiger partial charge in [0.15, 0.2) is 11.5 Å². The molecule has 0 unspecified atom stereocenters. The van der Waals surface area contributed by atoms with Crippen LogP contribution in [0.4, 0.5) is 4.39 Å². The summed E-state index contributed by atoms with van der Waals surface area (Å²) >= 11 is 12.8. The van der Waals surface area contributed by atoms with Crippen LogP contribution in [0, 0.1) is 5.82 Å². The summed E-state index contributed by atoms with van der Waals surface area (Å²) in [6, 6.07) is 21.5. The fourth-order valence-electron chi connectivity index (χ4n) is 5.26. The van der Waals surface area contributed by atoms with Gasteiger partial charge in [0.2, 0.25) is 0 Å². The number of nitrogens with zero attached hydrogens (tertiary/aromatic N) is 6. The maximum absolute atomic E-state index is 14.4. The van der Waals surface area contributed by atoms with Gasteiger partial charge in [-0.2, -0.15) is 10.3 Å². The minimum absolute atomic E-state index is 0.0503. The minimum atomic E-state index is -0.216. The molecule has 3 aromatic carbocycles. The molecule has 6 rings (SSSR count). The number of likely N-dealkylation sites (tertiary alicyclic amines) is 1. The van der Waals surface area contributed by atoms with Gasteiger partial charge in [-0.15, -0.1) is 10.2 Å². The van der Waals surface area contributed by atoms with Crippen molar-refractivity contribution >= 4 is 29.1 Å². The Kier molecular flexibility index (Phi) is 7.32. The van der Waals surface area contributed by atoms with Crippen LogP contribution in [0.15, 0.2) is 72.8 Å². The smallest absolute Gasteiger partial charge is 0.274 e. The molecule has 1 N–H and O–H groups in total. The highest BCUT2D eigenvalue weighted by Gasteiger charge is 2.32. The summed E-state index contributed by atoms with van der Waals surface area (Å²) in [6.45, 7) is 0.962. The number of aromatic nitrogens is 6. The molecule has 0 bridgehead atoms. The van der Waals surface area contributed by atoms with Gasteiger partial charge in [-0.1, -0.05) is 70.9 Å². The lowest BCUT2D eigenvalue weighted by Gasteiger charge is -2.32. The maximum atomic E-state index is 14.4. The fourth-order valence-corrected chi connectivity index (χ4v) is 5.60. The molecule has 8 nitrogen and oxygen atoms in total. The van der Waals surface area contributed by atoms with Gasteiger partial charge in [0.25, 0.3) is 5.91 Å². The van der Waals surface area contributed by atoms with Crippen molar-refractivity contribution in [3.8, 4) is 16.9 Å². The lowest BCUT2D eigenvalue weighted by molar-refractivity contribution is 0.0705. The van der Waals surface area contributed by atoms with Gasteiger partial charge in [0.1, 0.15) is 5.82 Å². The Morgan fingerprint density at radius 3 is 2.40 bits per heavy atom. The summed E-state index contributed by atoms with van der Waals surface area (Å²) in [7, 11) is 0. The number of carbonyl (C=O) groups excluding carboxylic acids is 1. The quantitative estimate of drug-likeness (QED) is 0.264. The number of amides is 1. The van der Waals surface area contributed by atoms with Gasteiger partial charge >= 0.3 is 0 Å². The average Bonchev–Trinajstić information content (AvgIpc) is 3.62. The number of H-pyrrole nitrogens is 1. The van der Waals surface area contributed by atoms with E-state index < -0.39 is 0 Å². The van der Waals surface area contributed by atoms with E-state index in [1.54, 1.807) is 33.8 Å². The summed E-state index contributed by atoms with van der Waals surface area (Å²) in [6.07, 6.45) is 1.52. The Hall–Kier alpha value is -4.08. The predicted octanol–water partition coefficient (Wildman–Crippen LogP) is 6.11. The topological polar surface area (TPSA) is 92.6 Å². The van der Waals surface area contributed by atoms with E-state index >= 15 is 0 Å². The van der Waals surface area contributed by atoms with Gasteiger partial charge < -0.3 is 4.90 Å². The Morgan fingerprint density at radius 2 is 1.70 bits per heavy atom. The molecule has 1 amide bonds. The third kappa shape index (κ3) is 5.10. The molecule has 11 heteroatoms. The molecule has 0 spiro atoms. The van der Waals surface area contributed by atoms with E-state index in [1.807, 2.05) is 42.5 Å². The third-order valence-electron chi connectivity index (χ3n) is 7.24. The molecule has 0 atom stereocenters. The van der Waals surface area contributed by atoms with Crippen LogP contribution in [-0.2, 0) is 6.42 Å². The lowest BCUT2D eigenvalue weighted by Crippen LogP contribution is -2.38. The van der Waals surface area contributed by atoms with Gasteiger partial charge in [0.05, 0.1) is 16.4 Å². The molecule has 3 heterocycles. The summed E-state index contributed by atoms with van der Waals surface area (Å²) in [5, 5.41) is 20.4. The first-order valence-electron chi connectivity index (χ1n) is 12.9. The summed E-state index contributed by atoms with van der Waals surface area (Å²) in [5.41, 5.74) is 3.72. The van der Waals surface area contributed by atoms with Crippen LogP contribution in [0.5, 0.6) is 0 Å². The number of tetrazole rings is 1. The molecule has 0 aliphatic carbocycles. The third-order valence-corrected chi connectivity index (χ3v) is 7.81. The van der Waals surface area contributed by atoms with Crippen molar-refractivity contribution in [2.75, 3.05) is 13.1 Å². The zero-order chi connectivity index (χ0) is 27.6. The fraction of sp³-hybridized carbons (Fsp3) is 0.207. The molecule has 0 saturated carbocycles. The van der Waals surface area contributed by atoms with E-state index in [4.69, 9.17) is 28.3 Å². The van der Waals surface area contributed by atoms with E-state index in [1.165, 1.54) is 6.07 Å². The molecule has 1 saturated heterocycles. The number of rotatable bonds is 6. The first-order chi connectivity index (χ1) is 19.5. The maximum Gasteiger partial charge on any atom is 0.274 e. The first-order valence-corrected chi connectivity index (χ1v) is 13.6. The van der Waals surface area contributed by atoms with Crippen LogP contribution >= 0.6 is 23.2 Å². The molecule has 5 aromatic rings. The number of para-hydroxylation sites is 1. The van der Waals surface area contributed by atoms with E-state index in [9.17, 15) is 9.18 Å². The minimum Gasteiger partial charge on any atom is -0.337 e. The molecule has 40 heavy (non-hydrogen) atoms. The average molecular weight is 576 g/mol. The van der Waals surface area contributed by atoms with Crippen LogP contribution in [0.25, 0.3) is 16.9 Å². The van der Waals surface area contributed by atoms with E-state index in [0.29, 0.717) is 64.3 Å². The number of halogens is 3. The van der Waals surface area contributed by atoms with Crippen molar-refractivity contribution in [1.29, 1.82) is 0 Å². The van der Waals surface area contributed by atoms with Crippen molar-refractivity contribution in [2.45, 2.75) is 25.2 Å². The Morgan fingerprint density at radius 1 is 0.975 bits per heavy atom. The molecule has 1 fully saturated rings. The molecule has 202 valence electrons. The standard InChI is InChI=1S/C29H24Cl2FN7O/c30-20-11-9-19(10-12-20)28-22(17-26-33-36-37-34-26)27(35-39(28)25-8-4-2-6-23(25)31)29(40)38-15-13-18(14-16-38)21-5-1-3-7-24(21)32/h1-12,18H,13-17H2,(H,33,34,36,37). The second kappa shape index (κ2) is 11.2. The Balaban J connectivity index is 1.42. The van der Waals surface area contributed by atoms with Gasteiger partial charge in [-0.05, 0) is 54.7 Å². The van der Waals surface area contributed by atoms with Crippen molar-refractivity contribution < 1.29 is 9.18 Å². The van der Waals surface area contributed by atoms with Crippen molar-refractivity contribution in [1.82, 2.24) is 35.3 Å². The molecule has 1 aliphatic heterocycles. The van der Waals surface area contributed by atoms with Gasteiger partial charge in [-0.25, -0.2) is 9.07 Å². The summed E-state index contributed by atoms with van der Waals surface area (Å²) < 4.78 is 16.1. The van der Waals surface area contributed by atoms with Crippen LogP contribution in [0.2, 0.25) is 10.0 Å². The van der Waals surface area contributed by atoms with Gasteiger partial charge in [0, 0.05) is 35.7 Å². The number of piperidine rings is 1. The zero-order valence-electron chi connectivity index (χ0n) is 21.3. The molecule has 2 aromatic heterocycles. The van der Waals surface area contributed by atoms with E-state index in [2.05, 4.69) is 20.6 Å². The van der Waals surface area contributed by atoms with Crippen molar-refractivity contribution in [2.24, 2.45) is 0 Å². The van der Waals surface area contributed by atoms with Crippen molar-refractivity contribution in [3.05, 3.63) is 111 Å². The molecule has 1 aliphatic rings. The number of aromatic amines is 1. The highest BCUT2D eigenvalue weighted by Crippen LogP contribution is 2.35. The van der Waals surface area contributed by atoms with Gasteiger partial charge in [-0.3, -0.25) is 4.79 Å². The lowest BCUT2D eigenvalue weighted by atomic mass is 9.89. The number of carbonyl (C=O) groups is 1. The largest absolute Gasteiger partial charge is 0.337 e. The Bertz CT molecular complexity index is 1650. The van der Waals surface area contributed by atoms with E-state index in [0.717, 1.165) is 5.56 Å². The summed E-state index contributed by atoms with van der Waals surface area (Å²) in [4.78, 5) is 15.9. The van der Waals surface area contributed by atoms with E-state index in [-0.39, 0.29) is 29.8 Å². The normalized spacial score (nSPS) is 14.0. The highest BCUT2D eigenvalue weighted by atomic mass is 35.5. The number of hydrogen-bond donors (Lipinski definition) is 1. The van der Waals surface area contributed by atoms with Crippen LogP contribution < -0.4 is 0 Å². The SMILES string of the molecule is O=C(c1nn(-c2ccccc2Cl)c(-c2ccc(Cl)cc2)c1Cc1nn[nH]n1)N1CCC(c2ccccc2F)CC1. The Labute approximate surface area is 239 Å². The second-order valence-electron chi connectivity index (χ2n) is 9.64. The number of hydrogen-bond acceptors (Lipinski definition) is 5. The monoisotopic (exact) mass is 575 g/mol. The highest BCUT2D eigenvalue weighted by molar-refractivity contribution is 6.32. The summed E-state index contributed by atoms with van der Waals surface area (Å²) in [5.74, 6) is 0.0443. The van der Waals surface area contributed by atoms with Crippen LogP contribution in [0.3, 0.4) is 0 Å². The second-order valence-corrected chi connectivity index (χ2v) is 10.5. The molecular formula is C29H24Cl2FN7O. The molecular weight excluding hydrogens is 552 g/mol. The number of nitrogens with one attached hydrogen (secondary N) is 1. The van der Waals surface area contributed by atoms with Crippen LogP contribution in [-0.4, -0.2) is 54.3 Å². The van der Waals surface area contributed by atoms with Crippen LogP contribution in [0.1, 0.15) is 46.2 Å². The van der Waals surface area contributed by atoms with Crippen molar-refractivity contribution in [3.63, 3.8) is 0 Å².